The number of rotatable bonds is 0. The summed E-state index contributed by atoms with van der Waals surface area (Å²) < 4.78 is 4.83. The van der Waals surface area contributed by atoms with Crippen LogP contribution in [0.2, 0.25) is 0 Å². The molecule has 1 N–H and O–H groups in total. The zero-order chi connectivity index (χ0) is 7.68. The zero-order valence-electron chi connectivity index (χ0n) is 5.37. The summed E-state index contributed by atoms with van der Waals surface area (Å²) in [5, 5.41) is 2.66. The third-order valence-corrected chi connectivity index (χ3v) is 1.20. The second-order valence-corrected chi connectivity index (χ2v) is 1.86. The summed E-state index contributed by atoms with van der Waals surface area (Å²) in [6.45, 7) is 0. The largest absolute Gasteiger partial charge is 0.427 e. The lowest BCUT2D eigenvalue weighted by atomic mass is 10.4. The van der Waals surface area contributed by atoms with Gasteiger partial charge in [0.05, 0.1) is 6.20 Å². The predicted molar refractivity (Wildman–Crippen MR) is 36.5 cm³/mol. The summed E-state index contributed by atoms with van der Waals surface area (Å²) in [7, 11) is 0. The van der Waals surface area contributed by atoms with E-state index in [9.17, 15) is 4.79 Å². The first-order valence-corrected chi connectivity index (χ1v) is 2.90. The van der Waals surface area contributed by atoms with Gasteiger partial charge in [-0.2, -0.15) is 4.99 Å². The molecule has 11 heavy (non-hydrogen) atoms. The van der Waals surface area contributed by atoms with Crippen molar-refractivity contribution in [2.75, 3.05) is 5.32 Å². The quantitative estimate of drug-likeness (QED) is 0.580. The molecule has 1 aliphatic rings. The Morgan fingerprint density at radius 3 is 3.45 bits per heavy atom. The van der Waals surface area contributed by atoms with Gasteiger partial charge in [0, 0.05) is 5.87 Å². The van der Waals surface area contributed by atoms with E-state index >= 15 is 0 Å². The molecule has 0 atom stereocenters. The molecule has 1 amide bonds. The molecule has 5 heteroatoms. The van der Waals surface area contributed by atoms with E-state index in [1.165, 1.54) is 12.6 Å². The summed E-state index contributed by atoms with van der Waals surface area (Å²) in [6, 6.07) is 0. The summed E-state index contributed by atoms with van der Waals surface area (Å²) in [6.07, 6.45) is 2.57. The van der Waals surface area contributed by atoms with Crippen LogP contribution in [0.25, 0.3) is 0 Å². The predicted octanol–water partition coefficient (Wildman–Crippen LogP) is 0.424. The van der Waals surface area contributed by atoms with E-state index in [1.807, 2.05) is 0 Å². The van der Waals surface area contributed by atoms with Crippen LogP contribution >= 0.6 is 0 Å². The molecule has 1 aromatic heterocycles. The number of fused-ring (bicyclic) bond motifs is 1. The number of nitrogens with zero attached hydrogens (tertiary/aromatic N) is 2. The lowest BCUT2D eigenvalue weighted by molar-refractivity contribution is 0.100. The molecule has 2 rings (SSSR count). The Hall–Kier alpha value is -1.87. The number of aromatic nitrogens is 1. The standard InChI is InChI=1S/C6H3N3O2/c10-5-4-6(11-3-9-4)8-2-1-7-5/h2-3,8H. The maximum absolute atomic E-state index is 11.0. The lowest BCUT2D eigenvalue weighted by Gasteiger charge is -1.89. The van der Waals surface area contributed by atoms with Crippen LogP contribution in [0.4, 0.5) is 5.88 Å². The fourth-order valence-corrected chi connectivity index (χ4v) is 0.743. The van der Waals surface area contributed by atoms with E-state index in [0.29, 0.717) is 5.88 Å². The van der Waals surface area contributed by atoms with Gasteiger partial charge in [-0.15, -0.1) is 0 Å². The van der Waals surface area contributed by atoms with E-state index in [2.05, 4.69) is 21.2 Å². The van der Waals surface area contributed by atoms with Gasteiger partial charge in [0.1, 0.15) is 0 Å². The average molecular weight is 149 g/mol. The number of aliphatic imine (C=N–C) groups is 1. The number of anilines is 1. The molecule has 54 valence electrons. The van der Waals surface area contributed by atoms with E-state index in [1.54, 1.807) is 0 Å². The SMILES string of the molecule is O=C1N=C=CNc2ocnc21. The van der Waals surface area contributed by atoms with Crippen LogP contribution in [0.5, 0.6) is 0 Å². The van der Waals surface area contributed by atoms with Crippen LogP contribution < -0.4 is 5.32 Å². The van der Waals surface area contributed by atoms with Crippen molar-refractivity contribution >= 4 is 17.7 Å². The summed E-state index contributed by atoms with van der Waals surface area (Å²) in [5.74, 6) is 2.23. The minimum atomic E-state index is -0.449. The van der Waals surface area contributed by atoms with Crippen LogP contribution in [-0.4, -0.2) is 16.8 Å². The number of amides is 1. The molecule has 0 saturated heterocycles. The van der Waals surface area contributed by atoms with Crippen molar-refractivity contribution < 1.29 is 9.21 Å². The van der Waals surface area contributed by atoms with Gasteiger partial charge in [-0.3, -0.25) is 4.79 Å². The minimum absolute atomic E-state index is 0.186. The Morgan fingerprint density at radius 2 is 2.55 bits per heavy atom. The van der Waals surface area contributed by atoms with Crippen molar-refractivity contribution in [3.63, 3.8) is 0 Å². The maximum atomic E-state index is 11.0. The van der Waals surface area contributed by atoms with Gasteiger partial charge in [-0.25, -0.2) is 4.98 Å². The summed E-state index contributed by atoms with van der Waals surface area (Å²) in [4.78, 5) is 18.0. The lowest BCUT2D eigenvalue weighted by Crippen LogP contribution is -1.96. The Bertz CT molecular complexity index is 360. The molecule has 0 saturated carbocycles. The van der Waals surface area contributed by atoms with Crippen LogP contribution in [0.1, 0.15) is 10.5 Å². The van der Waals surface area contributed by atoms with E-state index < -0.39 is 5.91 Å². The third kappa shape index (κ3) is 0.835. The first-order valence-electron chi connectivity index (χ1n) is 2.90. The first kappa shape index (κ1) is 5.88. The average Bonchev–Trinajstić information content (AvgIpc) is 2.40. The molecule has 0 aliphatic carbocycles. The molecule has 1 aliphatic heterocycles. The van der Waals surface area contributed by atoms with Gasteiger partial charge in [0.25, 0.3) is 0 Å². The van der Waals surface area contributed by atoms with Gasteiger partial charge >= 0.3 is 5.91 Å². The molecule has 5 nitrogen and oxygen atoms in total. The number of carbonyl (C=O) groups is 1. The van der Waals surface area contributed by atoms with Gasteiger partial charge in [0.15, 0.2) is 12.1 Å². The number of nitrogens with one attached hydrogen (secondary N) is 1. The Kier molecular flexibility index (Phi) is 1.11. The van der Waals surface area contributed by atoms with Gasteiger partial charge in [0.2, 0.25) is 5.88 Å². The second-order valence-electron chi connectivity index (χ2n) is 1.86. The van der Waals surface area contributed by atoms with Gasteiger partial charge in [-0.1, -0.05) is 0 Å². The highest BCUT2D eigenvalue weighted by Crippen LogP contribution is 2.14. The molecule has 0 spiro atoms. The maximum Gasteiger partial charge on any atom is 0.309 e. The summed E-state index contributed by atoms with van der Waals surface area (Å²) in [5.41, 5.74) is 0.186. The highest BCUT2D eigenvalue weighted by atomic mass is 16.4. The number of hydrogen-bond donors (Lipinski definition) is 1. The van der Waals surface area contributed by atoms with Crippen molar-refractivity contribution in [3.05, 3.63) is 18.3 Å². The molecule has 0 fully saturated rings. The monoisotopic (exact) mass is 149 g/mol. The number of oxazole rings is 1. The molecule has 1 aromatic rings. The van der Waals surface area contributed by atoms with Gasteiger partial charge < -0.3 is 9.73 Å². The van der Waals surface area contributed by atoms with Crippen LogP contribution in [-0.2, 0) is 0 Å². The summed E-state index contributed by atoms with van der Waals surface area (Å²) >= 11 is 0. The van der Waals surface area contributed by atoms with Crippen molar-refractivity contribution in [2.24, 2.45) is 4.99 Å². The van der Waals surface area contributed by atoms with Crippen molar-refractivity contribution in [3.8, 4) is 0 Å². The minimum Gasteiger partial charge on any atom is -0.427 e. The molecule has 0 radical (unpaired) electrons. The molecular weight excluding hydrogens is 146 g/mol. The van der Waals surface area contributed by atoms with Crippen molar-refractivity contribution in [1.82, 2.24) is 4.98 Å². The Morgan fingerprint density at radius 1 is 1.64 bits per heavy atom. The Labute approximate surface area is 61.5 Å². The third-order valence-electron chi connectivity index (χ3n) is 1.20. The number of carbonyl (C=O) groups excluding carboxylic acids is 1. The fraction of sp³-hybridized carbons (Fsp3) is 0. The highest BCUT2D eigenvalue weighted by Gasteiger charge is 2.15. The highest BCUT2D eigenvalue weighted by molar-refractivity contribution is 6.01. The van der Waals surface area contributed by atoms with E-state index in [-0.39, 0.29) is 5.69 Å². The van der Waals surface area contributed by atoms with E-state index in [0.717, 1.165) is 0 Å². The Balaban J connectivity index is 2.59. The molecule has 0 unspecified atom stereocenters. The fourth-order valence-electron chi connectivity index (χ4n) is 0.743. The van der Waals surface area contributed by atoms with Crippen LogP contribution in [0.3, 0.4) is 0 Å². The van der Waals surface area contributed by atoms with E-state index in [4.69, 9.17) is 4.42 Å². The second kappa shape index (κ2) is 2.07. The molecular formula is C6H3N3O2. The normalized spacial score (nSPS) is 14.0. The van der Waals surface area contributed by atoms with Crippen molar-refractivity contribution in [2.45, 2.75) is 0 Å². The topological polar surface area (TPSA) is 67.5 Å². The zero-order valence-corrected chi connectivity index (χ0v) is 5.37. The smallest absolute Gasteiger partial charge is 0.309 e. The number of hydrogen-bond acceptors (Lipinski definition) is 4. The molecule has 0 aromatic carbocycles. The molecule has 2 heterocycles. The van der Waals surface area contributed by atoms with Crippen molar-refractivity contribution in [1.29, 1.82) is 0 Å². The molecule has 0 bridgehead atoms. The van der Waals surface area contributed by atoms with Crippen LogP contribution in [0, 0.1) is 0 Å². The van der Waals surface area contributed by atoms with Crippen LogP contribution in [0.15, 0.2) is 22.0 Å². The van der Waals surface area contributed by atoms with Gasteiger partial charge in [-0.05, 0) is 0 Å². The first-order chi connectivity index (χ1) is 5.38.